The quantitative estimate of drug-likeness (QED) is 0.181. The van der Waals surface area contributed by atoms with Crippen molar-refractivity contribution >= 4 is 70.9 Å². The van der Waals surface area contributed by atoms with Crippen LogP contribution >= 0.6 is 0 Å². The van der Waals surface area contributed by atoms with Gasteiger partial charge in [0.15, 0.2) is 11.6 Å². The van der Waals surface area contributed by atoms with Gasteiger partial charge in [0.2, 0.25) is 5.95 Å². The molecule has 12 aromatic rings. The second kappa shape index (κ2) is 12.3. The standard InChI is InChI=1S/C51H32N6/c1-4-17-33(18-5-1)49-52-50(34-19-6-2-7-20-34)54-51(53-49)57-44-30-15-12-25-38(44)41-31-46-47(32-45(41)57)55(35-21-8-3-9-22-35)42-28-13-10-23-36(42)39-26-16-27-40-37-24-11-14-29-43(37)56(46)48(39)40/h1-32H. The van der Waals surface area contributed by atoms with E-state index in [1.54, 1.807) is 0 Å². The maximum atomic E-state index is 5.25. The van der Waals surface area contributed by atoms with Gasteiger partial charge in [0.05, 0.1) is 38.6 Å². The zero-order chi connectivity index (χ0) is 37.5. The van der Waals surface area contributed by atoms with E-state index in [9.17, 15) is 0 Å². The van der Waals surface area contributed by atoms with E-state index in [-0.39, 0.29) is 0 Å². The van der Waals surface area contributed by atoms with Crippen molar-refractivity contribution in [1.82, 2.24) is 28.5 Å². The number of rotatable bonds is 4. The number of nitrogens with zero attached hydrogens (tertiary/aromatic N) is 6. The van der Waals surface area contributed by atoms with Crippen molar-refractivity contribution in [3.05, 3.63) is 194 Å². The first kappa shape index (κ1) is 31.5. The van der Waals surface area contributed by atoms with Gasteiger partial charge >= 0.3 is 0 Å². The second-order valence-electron chi connectivity index (χ2n) is 14.5. The first-order valence-electron chi connectivity index (χ1n) is 19.2. The topological polar surface area (TPSA) is 52.9 Å². The summed E-state index contributed by atoms with van der Waals surface area (Å²) in [5.74, 6) is 1.80. The lowest BCUT2D eigenvalue weighted by Crippen LogP contribution is -2.07. The molecular weight excluding hydrogens is 697 g/mol. The van der Waals surface area contributed by atoms with E-state index < -0.39 is 0 Å². The highest BCUT2D eigenvalue weighted by molar-refractivity contribution is 6.21. The molecule has 0 amide bonds. The molecule has 0 aliphatic heterocycles. The lowest BCUT2D eigenvalue weighted by molar-refractivity contribution is 0.953. The van der Waals surface area contributed by atoms with Gasteiger partial charge in [0, 0.05) is 49.1 Å². The van der Waals surface area contributed by atoms with Crippen LogP contribution in [0.4, 0.5) is 0 Å². The van der Waals surface area contributed by atoms with Gasteiger partial charge in [-0.25, -0.2) is 4.98 Å². The largest absolute Gasteiger partial charge is 0.308 e. The van der Waals surface area contributed by atoms with Gasteiger partial charge in [0.1, 0.15) is 0 Å². The molecule has 0 aliphatic rings. The van der Waals surface area contributed by atoms with Crippen molar-refractivity contribution in [2.45, 2.75) is 0 Å². The van der Waals surface area contributed by atoms with Gasteiger partial charge in [0.25, 0.3) is 0 Å². The minimum Gasteiger partial charge on any atom is -0.308 e. The summed E-state index contributed by atoms with van der Waals surface area (Å²) >= 11 is 0. The molecule has 8 aromatic carbocycles. The van der Waals surface area contributed by atoms with Crippen LogP contribution in [0.15, 0.2) is 194 Å². The lowest BCUT2D eigenvalue weighted by Gasteiger charge is -2.17. The SMILES string of the molecule is c1ccc(-c2nc(-c3ccccc3)nc(-n3c4ccccc4c4cc5c(cc43)n(-c3ccccc3)c3ccccc3c3cccc4c6ccccc6n5c34)n2)cc1. The number of hydrogen-bond donors (Lipinski definition) is 0. The Bertz CT molecular complexity index is 3500. The molecule has 0 saturated heterocycles. The van der Waals surface area contributed by atoms with Crippen LogP contribution < -0.4 is 0 Å². The minimum absolute atomic E-state index is 0.561. The van der Waals surface area contributed by atoms with Gasteiger partial charge in [-0.1, -0.05) is 152 Å². The Morgan fingerprint density at radius 2 is 0.772 bits per heavy atom. The van der Waals surface area contributed by atoms with E-state index in [1.165, 1.54) is 27.1 Å². The van der Waals surface area contributed by atoms with Crippen LogP contribution in [-0.4, -0.2) is 28.5 Å². The molecule has 0 spiro atoms. The fourth-order valence-electron chi connectivity index (χ4n) is 8.83. The molecular formula is C51H32N6. The summed E-state index contributed by atoms with van der Waals surface area (Å²) in [4.78, 5) is 15.5. The number of para-hydroxylation sites is 5. The van der Waals surface area contributed by atoms with Gasteiger partial charge in [-0.2, -0.15) is 9.97 Å². The summed E-state index contributed by atoms with van der Waals surface area (Å²) in [5, 5.41) is 7.04. The van der Waals surface area contributed by atoms with E-state index in [1.807, 2.05) is 36.4 Å². The van der Waals surface area contributed by atoms with Gasteiger partial charge in [-0.05, 0) is 42.5 Å². The summed E-state index contributed by atoms with van der Waals surface area (Å²) in [6.45, 7) is 0. The molecule has 4 heterocycles. The Morgan fingerprint density at radius 1 is 0.298 bits per heavy atom. The molecule has 0 aliphatic carbocycles. The van der Waals surface area contributed by atoms with Gasteiger partial charge < -0.3 is 8.97 Å². The Labute approximate surface area is 326 Å². The molecule has 4 aromatic heterocycles. The van der Waals surface area contributed by atoms with E-state index >= 15 is 0 Å². The predicted octanol–water partition coefficient (Wildman–Crippen LogP) is 12.5. The molecule has 57 heavy (non-hydrogen) atoms. The third-order valence-electron chi connectivity index (χ3n) is 11.3. The third-order valence-corrected chi connectivity index (χ3v) is 11.3. The van der Waals surface area contributed by atoms with Crippen LogP contribution in [0.1, 0.15) is 0 Å². The highest BCUT2D eigenvalue weighted by Crippen LogP contribution is 2.41. The molecule has 0 atom stereocenters. The van der Waals surface area contributed by atoms with Crippen LogP contribution in [0.25, 0.3) is 105 Å². The zero-order valence-corrected chi connectivity index (χ0v) is 30.7. The smallest absolute Gasteiger partial charge is 0.238 e. The van der Waals surface area contributed by atoms with Crippen molar-refractivity contribution in [3.63, 3.8) is 0 Å². The first-order chi connectivity index (χ1) is 28.3. The Morgan fingerprint density at radius 3 is 1.39 bits per heavy atom. The number of fused-ring (bicyclic) bond motifs is 10. The fraction of sp³-hybridized carbons (Fsp3) is 0. The normalized spacial score (nSPS) is 11.9. The Hall–Kier alpha value is -7.83. The Kier molecular flexibility index (Phi) is 6.83. The average molecular weight is 729 g/mol. The highest BCUT2D eigenvalue weighted by atomic mass is 15.2. The minimum atomic E-state index is 0.561. The fourth-order valence-corrected chi connectivity index (χ4v) is 8.83. The zero-order valence-electron chi connectivity index (χ0n) is 30.7. The summed E-state index contributed by atoms with van der Waals surface area (Å²) < 4.78 is 7.12. The van der Waals surface area contributed by atoms with Crippen LogP contribution in [-0.2, 0) is 0 Å². The summed E-state index contributed by atoms with van der Waals surface area (Å²) in [6, 6.07) is 68.6. The number of hydrogen-bond acceptors (Lipinski definition) is 3. The maximum absolute atomic E-state index is 5.25. The molecule has 6 heteroatoms. The molecule has 0 N–H and O–H groups in total. The van der Waals surface area contributed by atoms with Crippen LogP contribution in [0.5, 0.6) is 0 Å². The average Bonchev–Trinajstić information content (AvgIpc) is 3.79. The number of aromatic nitrogens is 6. The molecule has 12 rings (SSSR count). The summed E-state index contributed by atoms with van der Waals surface area (Å²) in [7, 11) is 0. The van der Waals surface area contributed by atoms with E-state index in [4.69, 9.17) is 15.0 Å². The van der Waals surface area contributed by atoms with Crippen molar-refractivity contribution in [3.8, 4) is 34.4 Å². The lowest BCUT2D eigenvalue weighted by atomic mass is 10.1. The monoisotopic (exact) mass is 728 g/mol. The van der Waals surface area contributed by atoms with Crippen molar-refractivity contribution < 1.29 is 0 Å². The molecule has 0 unspecified atom stereocenters. The second-order valence-corrected chi connectivity index (χ2v) is 14.5. The number of benzene rings is 8. The first-order valence-corrected chi connectivity index (χ1v) is 19.2. The van der Waals surface area contributed by atoms with Gasteiger partial charge in [-0.3, -0.25) is 4.57 Å². The third kappa shape index (κ3) is 4.74. The van der Waals surface area contributed by atoms with E-state index in [2.05, 4.69) is 171 Å². The van der Waals surface area contributed by atoms with Crippen molar-refractivity contribution in [2.75, 3.05) is 0 Å². The molecule has 0 radical (unpaired) electrons. The van der Waals surface area contributed by atoms with Crippen LogP contribution in [0.3, 0.4) is 0 Å². The van der Waals surface area contributed by atoms with Gasteiger partial charge in [-0.15, -0.1) is 0 Å². The van der Waals surface area contributed by atoms with E-state index in [0.717, 1.165) is 60.7 Å². The van der Waals surface area contributed by atoms with Crippen LogP contribution in [0.2, 0.25) is 0 Å². The van der Waals surface area contributed by atoms with Crippen molar-refractivity contribution in [1.29, 1.82) is 0 Å². The highest BCUT2D eigenvalue weighted by Gasteiger charge is 2.22. The molecule has 6 nitrogen and oxygen atoms in total. The van der Waals surface area contributed by atoms with E-state index in [0.29, 0.717) is 17.6 Å². The molecule has 0 bridgehead atoms. The predicted molar refractivity (Wildman–Crippen MR) is 234 cm³/mol. The molecule has 0 saturated carbocycles. The summed E-state index contributed by atoms with van der Waals surface area (Å²) in [5.41, 5.74) is 10.5. The molecule has 0 fully saturated rings. The maximum Gasteiger partial charge on any atom is 0.238 e. The van der Waals surface area contributed by atoms with Crippen LogP contribution in [0, 0.1) is 0 Å². The summed E-state index contributed by atoms with van der Waals surface area (Å²) in [6.07, 6.45) is 0. The molecule has 266 valence electrons. The Balaban J connectivity index is 1.32. The van der Waals surface area contributed by atoms with Crippen molar-refractivity contribution in [2.24, 2.45) is 0 Å².